The molecule has 0 radical (unpaired) electrons. The van der Waals surface area contributed by atoms with Gasteiger partial charge in [-0.25, -0.2) is 4.79 Å². The molecule has 0 bridgehead atoms. The van der Waals surface area contributed by atoms with Crippen molar-refractivity contribution in [2.45, 2.75) is 51.3 Å². The average Bonchev–Trinajstić information content (AvgIpc) is 2.78. The summed E-state index contributed by atoms with van der Waals surface area (Å²) in [5, 5.41) is 8.91. The van der Waals surface area contributed by atoms with Crippen molar-refractivity contribution in [1.29, 1.82) is 0 Å². The molecule has 19 heavy (non-hydrogen) atoms. The van der Waals surface area contributed by atoms with Gasteiger partial charge in [-0.05, 0) is 26.7 Å². The van der Waals surface area contributed by atoms with Crippen molar-refractivity contribution in [3.63, 3.8) is 0 Å². The molecule has 2 aliphatic heterocycles. The smallest absolute Gasteiger partial charge is 0.320 e. The third kappa shape index (κ3) is 3.18. The average molecular weight is 270 g/mol. The fourth-order valence-electron chi connectivity index (χ4n) is 2.84. The number of amides is 2. The fraction of sp³-hybridized carbons (Fsp3) is 0.846. The monoisotopic (exact) mass is 270 g/mol. The summed E-state index contributed by atoms with van der Waals surface area (Å²) >= 11 is 0. The maximum Gasteiger partial charge on any atom is 0.320 e. The van der Waals surface area contributed by atoms with E-state index < -0.39 is 5.97 Å². The molecule has 3 atom stereocenters. The molecule has 2 fully saturated rings. The first-order valence-electron chi connectivity index (χ1n) is 6.89. The summed E-state index contributed by atoms with van der Waals surface area (Å²) in [5.74, 6) is -0.840. The van der Waals surface area contributed by atoms with E-state index in [4.69, 9.17) is 9.84 Å². The quantitative estimate of drug-likeness (QED) is 0.817. The summed E-state index contributed by atoms with van der Waals surface area (Å²) in [6.07, 6.45) is 1.75. The first kappa shape index (κ1) is 14.1. The first-order valence-corrected chi connectivity index (χ1v) is 6.89. The number of likely N-dealkylation sites (tertiary alicyclic amines) is 1. The van der Waals surface area contributed by atoms with E-state index in [1.54, 1.807) is 4.90 Å². The van der Waals surface area contributed by atoms with Crippen LogP contribution in [0.25, 0.3) is 0 Å². The number of ether oxygens (including phenoxy) is 1. The van der Waals surface area contributed by atoms with E-state index in [-0.39, 0.29) is 30.6 Å². The van der Waals surface area contributed by atoms with Gasteiger partial charge in [0.15, 0.2) is 0 Å². The van der Waals surface area contributed by atoms with Crippen LogP contribution in [-0.2, 0) is 9.53 Å². The van der Waals surface area contributed by atoms with Crippen molar-refractivity contribution < 1.29 is 19.4 Å². The molecule has 2 heterocycles. The standard InChI is InChI=1S/C13H22N2O4/c1-9-8-19-10(2)7-15(9)13(18)14-5-3-4-11(14)6-12(16)17/h9-11H,3-8H2,1-2H3,(H,16,17). The zero-order valence-corrected chi connectivity index (χ0v) is 11.5. The van der Waals surface area contributed by atoms with E-state index >= 15 is 0 Å². The lowest BCUT2D eigenvalue weighted by Crippen LogP contribution is -2.55. The molecule has 2 rings (SSSR count). The fourth-order valence-corrected chi connectivity index (χ4v) is 2.84. The van der Waals surface area contributed by atoms with Gasteiger partial charge in [-0.1, -0.05) is 0 Å². The van der Waals surface area contributed by atoms with Crippen molar-refractivity contribution in [2.24, 2.45) is 0 Å². The summed E-state index contributed by atoms with van der Waals surface area (Å²) in [6.45, 7) is 5.70. The van der Waals surface area contributed by atoms with Crippen LogP contribution in [0.2, 0.25) is 0 Å². The Morgan fingerprint density at radius 1 is 1.32 bits per heavy atom. The maximum absolute atomic E-state index is 12.6. The van der Waals surface area contributed by atoms with Crippen molar-refractivity contribution in [3.05, 3.63) is 0 Å². The van der Waals surface area contributed by atoms with Gasteiger partial charge in [0.1, 0.15) is 0 Å². The van der Waals surface area contributed by atoms with Crippen LogP contribution in [0, 0.1) is 0 Å². The molecule has 6 heteroatoms. The lowest BCUT2D eigenvalue weighted by atomic mass is 10.1. The SMILES string of the molecule is CC1CN(C(=O)N2CCCC2CC(=O)O)C(C)CO1. The number of hydrogen-bond donors (Lipinski definition) is 1. The number of carbonyl (C=O) groups excluding carboxylic acids is 1. The Morgan fingerprint density at radius 2 is 2.05 bits per heavy atom. The normalized spacial score (nSPS) is 31.6. The third-order valence-electron chi connectivity index (χ3n) is 3.89. The second kappa shape index (κ2) is 5.77. The summed E-state index contributed by atoms with van der Waals surface area (Å²) in [6, 6.07) is -0.142. The Labute approximate surface area is 113 Å². The first-order chi connectivity index (χ1) is 8.99. The number of hydrogen-bond acceptors (Lipinski definition) is 3. The van der Waals surface area contributed by atoms with E-state index in [1.807, 2.05) is 18.7 Å². The van der Waals surface area contributed by atoms with Gasteiger partial charge in [0.25, 0.3) is 0 Å². The lowest BCUT2D eigenvalue weighted by molar-refractivity contribution is -0.138. The lowest BCUT2D eigenvalue weighted by Gasteiger charge is -2.40. The minimum absolute atomic E-state index is 0.0357. The number of carbonyl (C=O) groups is 2. The Balaban J connectivity index is 2.03. The number of aliphatic carboxylic acids is 1. The zero-order valence-electron chi connectivity index (χ0n) is 11.5. The molecule has 0 aromatic heterocycles. The van der Waals surface area contributed by atoms with Crippen molar-refractivity contribution in [3.8, 4) is 0 Å². The molecule has 0 aliphatic carbocycles. The molecule has 0 spiro atoms. The second-order valence-corrected chi connectivity index (χ2v) is 5.52. The van der Waals surface area contributed by atoms with Crippen LogP contribution in [0.15, 0.2) is 0 Å². The highest BCUT2D eigenvalue weighted by Crippen LogP contribution is 2.24. The van der Waals surface area contributed by atoms with E-state index in [0.29, 0.717) is 19.7 Å². The minimum Gasteiger partial charge on any atom is -0.481 e. The van der Waals surface area contributed by atoms with E-state index in [9.17, 15) is 9.59 Å². The van der Waals surface area contributed by atoms with Crippen LogP contribution in [-0.4, -0.2) is 64.8 Å². The van der Waals surface area contributed by atoms with E-state index in [2.05, 4.69) is 0 Å². The van der Waals surface area contributed by atoms with Crippen LogP contribution < -0.4 is 0 Å². The zero-order chi connectivity index (χ0) is 14.0. The molecule has 2 aliphatic rings. The summed E-state index contributed by atoms with van der Waals surface area (Å²) in [5.41, 5.74) is 0. The molecule has 2 saturated heterocycles. The van der Waals surface area contributed by atoms with Crippen LogP contribution >= 0.6 is 0 Å². The molecular formula is C13H22N2O4. The number of rotatable bonds is 2. The maximum atomic E-state index is 12.6. The van der Waals surface area contributed by atoms with Crippen LogP contribution in [0.5, 0.6) is 0 Å². The molecule has 3 unspecified atom stereocenters. The highest BCUT2D eigenvalue weighted by molar-refractivity contribution is 5.77. The predicted octanol–water partition coefficient (Wildman–Crippen LogP) is 1.15. The molecule has 6 nitrogen and oxygen atoms in total. The van der Waals surface area contributed by atoms with Crippen molar-refractivity contribution >= 4 is 12.0 Å². The van der Waals surface area contributed by atoms with E-state index in [0.717, 1.165) is 12.8 Å². The van der Waals surface area contributed by atoms with Gasteiger partial charge in [-0.3, -0.25) is 4.79 Å². The van der Waals surface area contributed by atoms with Gasteiger partial charge in [-0.15, -0.1) is 0 Å². The molecule has 2 amide bonds. The topological polar surface area (TPSA) is 70.1 Å². The molecular weight excluding hydrogens is 248 g/mol. The van der Waals surface area contributed by atoms with Crippen LogP contribution in [0.4, 0.5) is 4.79 Å². The van der Waals surface area contributed by atoms with Gasteiger partial charge in [0.2, 0.25) is 0 Å². The molecule has 1 N–H and O–H groups in total. The molecule has 108 valence electrons. The summed E-state index contributed by atoms with van der Waals surface area (Å²) in [7, 11) is 0. The Morgan fingerprint density at radius 3 is 2.74 bits per heavy atom. The second-order valence-electron chi connectivity index (χ2n) is 5.52. The van der Waals surface area contributed by atoms with Crippen LogP contribution in [0.3, 0.4) is 0 Å². The number of urea groups is 1. The highest BCUT2D eigenvalue weighted by Gasteiger charge is 2.36. The van der Waals surface area contributed by atoms with Crippen molar-refractivity contribution in [1.82, 2.24) is 9.80 Å². The van der Waals surface area contributed by atoms with Gasteiger partial charge >= 0.3 is 12.0 Å². The number of morpholine rings is 1. The predicted molar refractivity (Wildman–Crippen MR) is 69.0 cm³/mol. The highest BCUT2D eigenvalue weighted by atomic mass is 16.5. The number of carboxylic acid groups (broad SMARTS) is 1. The Hall–Kier alpha value is -1.30. The van der Waals surface area contributed by atoms with Gasteiger partial charge in [-0.2, -0.15) is 0 Å². The summed E-state index contributed by atoms with van der Waals surface area (Å²) in [4.78, 5) is 26.9. The number of nitrogens with zero attached hydrogens (tertiary/aromatic N) is 2. The molecule has 0 aromatic carbocycles. The van der Waals surface area contributed by atoms with Gasteiger partial charge in [0, 0.05) is 19.1 Å². The van der Waals surface area contributed by atoms with E-state index in [1.165, 1.54) is 0 Å². The largest absolute Gasteiger partial charge is 0.481 e. The minimum atomic E-state index is -0.840. The Kier molecular flexibility index (Phi) is 4.29. The molecule has 0 saturated carbocycles. The van der Waals surface area contributed by atoms with Crippen molar-refractivity contribution in [2.75, 3.05) is 19.7 Å². The Bertz CT molecular complexity index is 361. The molecule has 0 aromatic rings. The third-order valence-corrected chi connectivity index (χ3v) is 3.89. The van der Waals surface area contributed by atoms with Crippen LogP contribution in [0.1, 0.15) is 33.1 Å². The number of carboxylic acids is 1. The summed E-state index contributed by atoms with van der Waals surface area (Å²) < 4.78 is 5.52. The van der Waals surface area contributed by atoms with Gasteiger partial charge < -0.3 is 19.6 Å². The van der Waals surface area contributed by atoms with Gasteiger partial charge in [0.05, 0.1) is 25.2 Å².